The number of guanidine groups is 1. The predicted octanol–water partition coefficient (Wildman–Crippen LogP) is 2.05. The Bertz CT molecular complexity index is 445. The highest BCUT2D eigenvalue weighted by Gasteiger charge is 2.23. The van der Waals surface area contributed by atoms with Crippen LogP contribution in [-0.2, 0) is 4.79 Å². The van der Waals surface area contributed by atoms with Crippen molar-refractivity contribution >= 4 is 11.9 Å². The number of carbonyl (C=O) groups is 1. The van der Waals surface area contributed by atoms with E-state index in [1.807, 2.05) is 0 Å². The van der Waals surface area contributed by atoms with Crippen molar-refractivity contribution in [2.45, 2.75) is 58.8 Å². The third-order valence-corrected chi connectivity index (χ3v) is 5.66. The highest BCUT2D eigenvalue weighted by atomic mass is 16.1. The van der Waals surface area contributed by atoms with E-state index >= 15 is 0 Å². The minimum Gasteiger partial charge on any atom is -0.370 e. The third-order valence-electron chi connectivity index (χ3n) is 5.66. The summed E-state index contributed by atoms with van der Waals surface area (Å²) in [6.07, 6.45) is 7.75. The van der Waals surface area contributed by atoms with Gasteiger partial charge in [-0.2, -0.15) is 0 Å². The van der Waals surface area contributed by atoms with Crippen molar-refractivity contribution < 1.29 is 4.79 Å². The van der Waals surface area contributed by atoms with Crippen molar-refractivity contribution in [2.75, 3.05) is 45.8 Å². The number of nitrogens with two attached hydrogens (primary N) is 1. The molecule has 6 nitrogen and oxygen atoms in total. The van der Waals surface area contributed by atoms with Crippen LogP contribution in [0.3, 0.4) is 0 Å². The zero-order valence-electron chi connectivity index (χ0n) is 16.9. The molecule has 0 spiro atoms. The molecule has 2 heterocycles. The summed E-state index contributed by atoms with van der Waals surface area (Å²) in [5.74, 6) is 2.09. The van der Waals surface area contributed by atoms with Crippen molar-refractivity contribution in [1.29, 1.82) is 0 Å². The third kappa shape index (κ3) is 7.52. The Morgan fingerprint density at radius 3 is 2.65 bits per heavy atom. The van der Waals surface area contributed by atoms with Gasteiger partial charge in [0.15, 0.2) is 5.96 Å². The first kappa shape index (κ1) is 21.0. The van der Waals surface area contributed by atoms with Crippen LogP contribution in [0.25, 0.3) is 0 Å². The molecule has 26 heavy (non-hydrogen) atoms. The Labute approximate surface area is 159 Å². The second-order valence-electron chi connectivity index (χ2n) is 8.09. The van der Waals surface area contributed by atoms with E-state index in [1.165, 1.54) is 38.9 Å². The Balaban J connectivity index is 1.72. The van der Waals surface area contributed by atoms with Gasteiger partial charge in [0.1, 0.15) is 0 Å². The molecule has 2 rings (SSSR count). The summed E-state index contributed by atoms with van der Waals surface area (Å²) in [5.41, 5.74) is 5.38. The first-order valence-electron chi connectivity index (χ1n) is 10.6. The lowest BCUT2D eigenvalue weighted by Crippen LogP contribution is -2.47. The first-order chi connectivity index (χ1) is 12.6. The van der Waals surface area contributed by atoms with Crippen LogP contribution in [0, 0.1) is 11.8 Å². The van der Waals surface area contributed by atoms with E-state index in [2.05, 4.69) is 29.0 Å². The normalized spacial score (nSPS) is 23.2. The summed E-state index contributed by atoms with van der Waals surface area (Å²) in [6, 6.07) is 0. The minimum atomic E-state index is -0.189. The lowest BCUT2D eigenvalue weighted by Gasteiger charge is -2.34. The summed E-state index contributed by atoms with van der Waals surface area (Å²) in [4.78, 5) is 21.0. The molecule has 0 saturated carbocycles. The molecule has 2 aliphatic heterocycles. The van der Waals surface area contributed by atoms with E-state index in [4.69, 9.17) is 10.7 Å². The lowest BCUT2D eigenvalue weighted by atomic mass is 9.95. The van der Waals surface area contributed by atoms with Gasteiger partial charge in [-0.25, -0.2) is 0 Å². The van der Waals surface area contributed by atoms with E-state index < -0.39 is 0 Å². The summed E-state index contributed by atoms with van der Waals surface area (Å²) in [7, 11) is 0. The molecule has 0 aromatic carbocycles. The second-order valence-corrected chi connectivity index (χ2v) is 8.09. The summed E-state index contributed by atoms with van der Waals surface area (Å²) >= 11 is 0. The number of nitrogens with zero attached hydrogens (tertiary/aromatic N) is 3. The molecular weight excluding hydrogens is 326 g/mol. The largest absolute Gasteiger partial charge is 0.370 e. The maximum absolute atomic E-state index is 11.2. The van der Waals surface area contributed by atoms with Crippen molar-refractivity contribution in [1.82, 2.24) is 15.1 Å². The van der Waals surface area contributed by atoms with Gasteiger partial charge in [-0.1, -0.05) is 6.92 Å². The Kier molecular flexibility index (Phi) is 9.23. The topological polar surface area (TPSA) is 74.0 Å². The average molecular weight is 366 g/mol. The predicted molar refractivity (Wildman–Crippen MR) is 108 cm³/mol. The molecule has 0 aliphatic carbocycles. The number of primary amides is 1. The average Bonchev–Trinajstić information content (AvgIpc) is 2.62. The highest BCUT2D eigenvalue weighted by Crippen LogP contribution is 2.19. The Morgan fingerprint density at radius 1 is 1.19 bits per heavy atom. The fraction of sp³-hybridized carbons (Fsp3) is 0.900. The van der Waals surface area contributed by atoms with Gasteiger partial charge in [0.05, 0.1) is 0 Å². The number of amides is 1. The van der Waals surface area contributed by atoms with Crippen molar-refractivity contribution in [2.24, 2.45) is 22.6 Å². The van der Waals surface area contributed by atoms with Gasteiger partial charge < -0.3 is 20.9 Å². The molecule has 2 saturated heterocycles. The number of aliphatic imine (C=N–C) groups is 1. The van der Waals surface area contributed by atoms with Gasteiger partial charge in [-0.3, -0.25) is 9.79 Å². The molecule has 0 radical (unpaired) electrons. The van der Waals surface area contributed by atoms with Gasteiger partial charge in [0.25, 0.3) is 0 Å². The molecular formula is C20H39N5O. The molecule has 150 valence electrons. The van der Waals surface area contributed by atoms with E-state index in [0.29, 0.717) is 12.3 Å². The van der Waals surface area contributed by atoms with Crippen LogP contribution in [0.15, 0.2) is 4.99 Å². The van der Waals surface area contributed by atoms with E-state index in [1.54, 1.807) is 0 Å². The Morgan fingerprint density at radius 2 is 1.96 bits per heavy atom. The number of unbranched alkanes of at least 4 members (excludes halogenated alkanes) is 1. The first-order valence-corrected chi connectivity index (χ1v) is 10.6. The van der Waals surface area contributed by atoms with Crippen LogP contribution in [0.4, 0.5) is 0 Å². The van der Waals surface area contributed by atoms with Crippen LogP contribution >= 0.6 is 0 Å². The van der Waals surface area contributed by atoms with Crippen LogP contribution in [-0.4, -0.2) is 67.5 Å². The van der Waals surface area contributed by atoms with Crippen LogP contribution in [0.2, 0.25) is 0 Å². The van der Waals surface area contributed by atoms with Crippen LogP contribution in [0.1, 0.15) is 58.8 Å². The number of carbonyl (C=O) groups excluding carboxylic acids is 1. The molecule has 1 atom stereocenters. The van der Waals surface area contributed by atoms with E-state index in [-0.39, 0.29) is 5.91 Å². The van der Waals surface area contributed by atoms with Crippen LogP contribution < -0.4 is 11.1 Å². The van der Waals surface area contributed by atoms with Crippen molar-refractivity contribution in [3.63, 3.8) is 0 Å². The zero-order valence-corrected chi connectivity index (χ0v) is 16.9. The summed E-state index contributed by atoms with van der Waals surface area (Å²) in [5, 5.41) is 3.42. The van der Waals surface area contributed by atoms with E-state index in [0.717, 1.165) is 57.3 Å². The summed E-state index contributed by atoms with van der Waals surface area (Å²) in [6.45, 7) is 11.9. The highest BCUT2D eigenvalue weighted by molar-refractivity contribution is 5.80. The maximum atomic E-state index is 11.2. The molecule has 1 amide bonds. The van der Waals surface area contributed by atoms with Gasteiger partial charge in [-0.15, -0.1) is 0 Å². The van der Waals surface area contributed by atoms with Gasteiger partial charge in [-0.05, 0) is 76.9 Å². The monoisotopic (exact) mass is 365 g/mol. The molecule has 1 unspecified atom stereocenters. The Hall–Kier alpha value is -1.30. The SMILES string of the molecule is CCNC(=NCCCCN1CCC(C)CC1)N1CCCC(CC(N)=O)C1. The van der Waals surface area contributed by atoms with Gasteiger partial charge >= 0.3 is 0 Å². The maximum Gasteiger partial charge on any atom is 0.217 e. The number of nitrogens with one attached hydrogen (secondary N) is 1. The standard InChI is InChI=1S/C20H39N5O/c1-3-22-20(25-12-6-7-18(16-25)15-19(21)26)23-10-4-5-11-24-13-8-17(2)9-14-24/h17-18H,3-16H2,1-2H3,(H2,21,26)(H,22,23). The fourth-order valence-electron chi connectivity index (χ4n) is 4.05. The quantitative estimate of drug-likeness (QED) is 0.392. The molecule has 0 aromatic rings. The van der Waals surface area contributed by atoms with Gasteiger partial charge in [0, 0.05) is 32.6 Å². The fourth-order valence-corrected chi connectivity index (χ4v) is 4.05. The summed E-state index contributed by atoms with van der Waals surface area (Å²) < 4.78 is 0. The molecule has 6 heteroatoms. The zero-order chi connectivity index (χ0) is 18.8. The number of piperidine rings is 2. The smallest absolute Gasteiger partial charge is 0.217 e. The number of likely N-dealkylation sites (tertiary alicyclic amines) is 2. The number of hydrogen-bond acceptors (Lipinski definition) is 3. The lowest BCUT2D eigenvalue weighted by molar-refractivity contribution is -0.119. The van der Waals surface area contributed by atoms with Gasteiger partial charge in [0.2, 0.25) is 5.91 Å². The number of hydrogen-bond donors (Lipinski definition) is 2. The number of rotatable bonds is 8. The molecule has 2 aliphatic rings. The minimum absolute atomic E-state index is 0.189. The van der Waals surface area contributed by atoms with Crippen molar-refractivity contribution in [3.05, 3.63) is 0 Å². The molecule has 0 aromatic heterocycles. The molecule has 0 bridgehead atoms. The van der Waals surface area contributed by atoms with E-state index in [9.17, 15) is 4.79 Å². The molecule has 2 fully saturated rings. The second kappa shape index (κ2) is 11.4. The van der Waals surface area contributed by atoms with Crippen LogP contribution in [0.5, 0.6) is 0 Å². The van der Waals surface area contributed by atoms with Crippen molar-refractivity contribution in [3.8, 4) is 0 Å². The molecule has 3 N–H and O–H groups in total.